The molecule has 4 heteroatoms. The molecule has 1 nitrogen and oxygen atoms in total. The lowest BCUT2D eigenvalue weighted by Crippen LogP contribution is -2.32. The standard InChI is InChI=1S/C13H21NS3/c1-5-14(6-2)7-11-8-15-12-9(3)16-10(4)13(12)17-11/h11H,5-8H2,1-4H3. The third kappa shape index (κ3) is 3.03. The van der Waals surface area contributed by atoms with E-state index in [0.29, 0.717) is 0 Å². The molecule has 0 radical (unpaired) electrons. The summed E-state index contributed by atoms with van der Waals surface area (Å²) in [5.41, 5.74) is 0. The Morgan fingerprint density at radius 1 is 1.12 bits per heavy atom. The zero-order valence-electron chi connectivity index (χ0n) is 11.1. The number of aryl methyl sites for hydroxylation is 2. The van der Waals surface area contributed by atoms with Gasteiger partial charge in [0.05, 0.1) is 0 Å². The predicted octanol–water partition coefficient (Wildman–Crippen LogP) is 4.27. The van der Waals surface area contributed by atoms with Crippen LogP contribution in [0.25, 0.3) is 0 Å². The Labute approximate surface area is 117 Å². The Balaban J connectivity index is 2.05. The van der Waals surface area contributed by atoms with E-state index in [1.54, 1.807) is 9.79 Å². The maximum absolute atomic E-state index is 2.54. The van der Waals surface area contributed by atoms with Gasteiger partial charge in [-0.25, -0.2) is 0 Å². The summed E-state index contributed by atoms with van der Waals surface area (Å²) in [5.74, 6) is 1.27. The number of hydrogen-bond donors (Lipinski definition) is 0. The first kappa shape index (κ1) is 13.8. The van der Waals surface area contributed by atoms with Gasteiger partial charge < -0.3 is 4.90 Å². The van der Waals surface area contributed by atoms with Gasteiger partial charge >= 0.3 is 0 Å². The molecule has 0 aliphatic carbocycles. The van der Waals surface area contributed by atoms with Gasteiger partial charge in [0.1, 0.15) is 0 Å². The van der Waals surface area contributed by atoms with E-state index in [2.05, 4.69) is 56.1 Å². The first-order valence-electron chi connectivity index (χ1n) is 6.27. The van der Waals surface area contributed by atoms with Crippen molar-refractivity contribution < 1.29 is 0 Å². The molecule has 2 rings (SSSR count). The predicted molar refractivity (Wildman–Crippen MR) is 82.0 cm³/mol. The van der Waals surface area contributed by atoms with Crippen LogP contribution in [0.5, 0.6) is 0 Å². The SMILES string of the molecule is CCN(CC)CC1CSc2c(C)sc(C)c2S1. The van der Waals surface area contributed by atoms with Crippen LogP contribution >= 0.6 is 34.9 Å². The van der Waals surface area contributed by atoms with Crippen molar-refractivity contribution in [3.05, 3.63) is 9.75 Å². The zero-order chi connectivity index (χ0) is 12.4. The van der Waals surface area contributed by atoms with Gasteiger partial charge in [0.15, 0.2) is 0 Å². The largest absolute Gasteiger partial charge is 0.303 e. The second kappa shape index (κ2) is 6.00. The molecule has 0 saturated heterocycles. The van der Waals surface area contributed by atoms with Crippen LogP contribution in [-0.2, 0) is 0 Å². The summed E-state index contributed by atoms with van der Waals surface area (Å²) in [7, 11) is 0. The van der Waals surface area contributed by atoms with Crippen LogP contribution in [-0.4, -0.2) is 35.5 Å². The average Bonchev–Trinajstić information content (AvgIpc) is 2.62. The van der Waals surface area contributed by atoms with Crippen molar-refractivity contribution in [2.45, 2.75) is 42.7 Å². The highest BCUT2D eigenvalue weighted by Crippen LogP contribution is 2.47. The van der Waals surface area contributed by atoms with Crippen molar-refractivity contribution in [2.24, 2.45) is 0 Å². The summed E-state index contributed by atoms with van der Waals surface area (Å²) in [4.78, 5) is 8.70. The lowest BCUT2D eigenvalue weighted by molar-refractivity contribution is 0.309. The second-order valence-electron chi connectivity index (χ2n) is 4.41. The Hall–Kier alpha value is 0.360. The van der Waals surface area contributed by atoms with Gasteiger partial charge in [0.25, 0.3) is 0 Å². The Morgan fingerprint density at radius 3 is 2.41 bits per heavy atom. The molecule has 0 spiro atoms. The molecule has 17 heavy (non-hydrogen) atoms. The quantitative estimate of drug-likeness (QED) is 0.814. The Bertz CT molecular complexity index is 382. The van der Waals surface area contributed by atoms with Crippen LogP contribution in [0.1, 0.15) is 23.6 Å². The smallest absolute Gasteiger partial charge is 0.0351 e. The molecule has 1 atom stereocenters. The van der Waals surface area contributed by atoms with Crippen molar-refractivity contribution in [1.29, 1.82) is 0 Å². The van der Waals surface area contributed by atoms with E-state index in [0.717, 1.165) is 5.25 Å². The molecule has 0 N–H and O–H groups in total. The minimum atomic E-state index is 0.764. The lowest BCUT2D eigenvalue weighted by Gasteiger charge is -2.28. The van der Waals surface area contributed by atoms with E-state index < -0.39 is 0 Å². The second-order valence-corrected chi connectivity index (χ2v) is 8.18. The van der Waals surface area contributed by atoms with Crippen LogP contribution in [0, 0.1) is 13.8 Å². The maximum Gasteiger partial charge on any atom is 0.0351 e. The van der Waals surface area contributed by atoms with E-state index in [4.69, 9.17) is 0 Å². The lowest BCUT2D eigenvalue weighted by atomic mass is 10.4. The molecule has 0 amide bonds. The number of rotatable bonds is 4. The molecule has 0 aromatic carbocycles. The molecule has 1 aliphatic rings. The first-order valence-corrected chi connectivity index (χ1v) is 8.95. The highest BCUT2D eigenvalue weighted by molar-refractivity contribution is 8.06. The Kier molecular flexibility index (Phi) is 4.87. The van der Waals surface area contributed by atoms with E-state index >= 15 is 0 Å². The van der Waals surface area contributed by atoms with Gasteiger partial charge in [0, 0.05) is 37.1 Å². The number of thiophene rings is 1. The fraction of sp³-hybridized carbons (Fsp3) is 0.692. The molecular weight excluding hydrogens is 266 g/mol. The minimum absolute atomic E-state index is 0.764. The van der Waals surface area contributed by atoms with Crippen LogP contribution < -0.4 is 0 Å². The highest BCUT2D eigenvalue weighted by atomic mass is 32.2. The summed E-state index contributed by atoms with van der Waals surface area (Å²) >= 11 is 6.14. The summed E-state index contributed by atoms with van der Waals surface area (Å²) in [6, 6.07) is 0. The van der Waals surface area contributed by atoms with E-state index in [9.17, 15) is 0 Å². The fourth-order valence-electron chi connectivity index (χ4n) is 2.18. The fourth-order valence-corrected chi connectivity index (χ4v) is 6.52. The number of hydrogen-bond acceptors (Lipinski definition) is 4. The van der Waals surface area contributed by atoms with Crippen LogP contribution in [0.15, 0.2) is 9.79 Å². The topological polar surface area (TPSA) is 3.24 Å². The third-order valence-corrected chi connectivity index (χ3v) is 7.59. The third-order valence-electron chi connectivity index (χ3n) is 3.21. The van der Waals surface area contributed by atoms with Gasteiger partial charge in [-0.3, -0.25) is 0 Å². The van der Waals surface area contributed by atoms with E-state index in [-0.39, 0.29) is 0 Å². The van der Waals surface area contributed by atoms with Crippen LogP contribution in [0.3, 0.4) is 0 Å². The molecule has 0 bridgehead atoms. The summed E-state index contributed by atoms with van der Waals surface area (Å²) in [6.07, 6.45) is 0. The normalized spacial score (nSPS) is 19.7. The van der Waals surface area contributed by atoms with Crippen molar-refractivity contribution >= 4 is 34.9 Å². The first-order chi connectivity index (χ1) is 8.15. The number of thioether (sulfide) groups is 2. The van der Waals surface area contributed by atoms with Gasteiger partial charge in [0.2, 0.25) is 0 Å². The molecule has 1 aromatic heterocycles. The monoisotopic (exact) mass is 287 g/mol. The number of nitrogens with zero attached hydrogens (tertiary/aromatic N) is 1. The average molecular weight is 288 g/mol. The molecule has 1 aromatic rings. The van der Waals surface area contributed by atoms with Crippen LogP contribution in [0.2, 0.25) is 0 Å². The summed E-state index contributed by atoms with van der Waals surface area (Å²) in [5, 5.41) is 0.764. The molecule has 0 saturated carbocycles. The van der Waals surface area contributed by atoms with E-state index in [1.165, 1.54) is 35.1 Å². The van der Waals surface area contributed by atoms with Gasteiger partial charge in [-0.05, 0) is 26.9 Å². The summed E-state index contributed by atoms with van der Waals surface area (Å²) in [6.45, 7) is 12.6. The summed E-state index contributed by atoms with van der Waals surface area (Å²) < 4.78 is 0. The zero-order valence-corrected chi connectivity index (χ0v) is 13.5. The maximum atomic E-state index is 2.54. The molecular formula is C13H21NS3. The molecule has 96 valence electrons. The van der Waals surface area contributed by atoms with Gasteiger partial charge in [-0.2, -0.15) is 0 Å². The minimum Gasteiger partial charge on any atom is -0.303 e. The van der Waals surface area contributed by atoms with Gasteiger partial charge in [-0.15, -0.1) is 34.9 Å². The molecule has 2 heterocycles. The Morgan fingerprint density at radius 2 is 1.76 bits per heavy atom. The van der Waals surface area contributed by atoms with Crippen molar-refractivity contribution in [3.63, 3.8) is 0 Å². The van der Waals surface area contributed by atoms with Crippen molar-refractivity contribution in [1.82, 2.24) is 4.90 Å². The van der Waals surface area contributed by atoms with Crippen LogP contribution in [0.4, 0.5) is 0 Å². The van der Waals surface area contributed by atoms with E-state index in [1.807, 2.05) is 11.3 Å². The van der Waals surface area contributed by atoms with Crippen molar-refractivity contribution in [2.75, 3.05) is 25.4 Å². The highest BCUT2D eigenvalue weighted by Gasteiger charge is 2.25. The molecule has 0 fully saturated rings. The molecule has 1 unspecified atom stereocenters. The number of fused-ring (bicyclic) bond motifs is 1. The van der Waals surface area contributed by atoms with Gasteiger partial charge in [-0.1, -0.05) is 13.8 Å². The molecule has 1 aliphatic heterocycles. The van der Waals surface area contributed by atoms with Crippen molar-refractivity contribution in [3.8, 4) is 0 Å².